The minimum Gasteiger partial charge on any atom is -0.406 e. The van der Waals surface area contributed by atoms with Crippen molar-refractivity contribution in [3.8, 4) is 22.6 Å². The molecule has 0 unspecified atom stereocenters. The second kappa shape index (κ2) is 10.4. The van der Waals surface area contributed by atoms with Crippen LogP contribution < -0.4 is 9.47 Å². The van der Waals surface area contributed by atoms with Gasteiger partial charge in [-0.1, -0.05) is 72.8 Å². The van der Waals surface area contributed by atoms with Crippen LogP contribution in [-0.4, -0.2) is 24.3 Å². The monoisotopic (exact) mass is 530 g/mol. The van der Waals surface area contributed by atoms with Crippen LogP contribution in [0.4, 0.5) is 26.3 Å². The Kier molecular flexibility index (Phi) is 7.25. The van der Waals surface area contributed by atoms with Gasteiger partial charge in [0, 0.05) is 16.7 Å². The maximum atomic E-state index is 13.1. The topological polar surface area (TPSA) is 52.6 Å². The molecule has 0 saturated carbocycles. The molecule has 4 aromatic rings. The molecule has 0 N–H and O–H groups in total. The van der Waals surface area contributed by atoms with E-state index >= 15 is 0 Å². The van der Waals surface area contributed by atoms with Crippen molar-refractivity contribution in [2.45, 2.75) is 12.7 Å². The zero-order valence-electron chi connectivity index (χ0n) is 19.1. The van der Waals surface area contributed by atoms with E-state index in [-0.39, 0.29) is 27.8 Å². The Balaban J connectivity index is 1.62. The van der Waals surface area contributed by atoms with E-state index in [0.29, 0.717) is 5.56 Å². The summed E-state index contributed by atoms with van der Waals surface area (Å²) in [7, 11) is 0. The Morgan fingerprint density at radius 3 is 1.74 bits per heavy atom. The van der Waals surface area contributed by atoms with Crippen LogP contribution in [0.1, 0.15) is 31.8 Å². The predicted octanol–water partition coefficient (Wildman–Crippen LogP) is 7.61. The van der Waals surface area contributed by atoms with Gasteiger partial charge in [-0.15, -0.1) is 26.3 Å². The third-order valence-electron chi connectivity index (χ3n) is 5.30. The predicted molar refractivity (Wildman–Crippen MR) is 125 cm³/mol. The molecule has 0 aliphatic heterocycles. The van der Waals surface area contributed by atoms with Crippen LogP contribution in [0.2, 0.25) is 0 Å². The van der Waals surface area contributed by atoms with Crippen LogP contribution >= 0.6 is 0 Å². The zero-order valence-corrected chi connectivity index (χ0v) is 19.1. The van der Waals surface area contributed by atoms with Gasteiger partial charge in [-0.2, -0.15) is 0 Å². The number of carbonyl (C=O) groups is 2. The first kappa shape index (κ1) is 26.5. The number of hydrogen-bond donors (Lipinski definition) is 0. The molecule has 0 atom stereocenters. The number of rotatable bonds is 7. The quantitative estimate of drug-likeness (QED) is 0.182. The molecule has 10 heteroatoms. The Morgan fingerprint density at radius 2 is 1.11 bits per heavy atom. The van der Waals surface area contributed by atoms with Gasteiger partial charge in [0.15, 0.2) is 11.6 Å². The van der Waals surface area contributed by atoms with E-state index < -0.39 is 35.8 Å². The van der Waals surface area contributed by atoms with Gasteiger partial charge in [0.25, 0.3) is 0 Å². The summed E-state index contributed by atoms with van der Waals surface area (Å²) >= 11 is 0. The minimum atomic E-state index is -5.05. The number of benzene rings is 4. The summed E-state index contributed by atoms with van der Waals surface area (Å²) in [5.41, 5.74) is 0.643. The van der Waals surface area contributed by atoms with Crippen molar-refractivity contribution in [2.24, 2.45) is 0 Å². The third kappa shape index (κ3) is 6.58. The second-order valence-electron chi connectivity index (χ2n) is 7.94. The molecule has 38 heavy (non-hydrogen) atoms. The summed E-state index contributed by atoms with van der Waals surface area (Å²) in [5.74, 6) is -2.49. The van der Waals surface area contributed by atoms with E-state index in [1.54, 1.807) is 18.2 Å². The van der Waals surface area contributed by atoms with Gasteiger partial charge in [0.2, 0.25) is 0 Å². The molecule has 194 valence electrons. The molecule has 4 aromatic carbocycles. The molecule has 4 rings (SSSR count). The van der Waals surface area contributed by atoms with Crippen molar-refractivity contribution >= 4 is 11.6 Å². The maximum absolute atomic E-state index is 13.1. The molecular formula is C28H16F6O4. The van der Waals surface area contributed by atoms with Crippen LogP contribution in [0, 0.1) is 0 Å². The molecule has 0 saturated heterocycles. The maximum Gasteiger partial charge on any atom is 0.573 e. The van der Waals surface area contributed by atoms with E-state index in [9.17, 15) is 35.9 Å². The Morgan fingerprint density at radius 1 is 0.526 bits per heavy atom. The molecule has 0 heterocycles. The van der Waals surface area contributed by atoms with Crippen molar-refractivity contribution in [1.82, 2.24) is 0 Å². The van der Waals surface area contributed by atoms with E-state index in [1.165, 1.54) is 60.7 Å². The number of ketones is 2. The normalized spacial score (nSPS) is 11.6. The minimum absolute atomic E-state index is 0.0517. The standard InChI is InChI=1S/C28H16F6O4/c29-27(30,31)37-22-8-4-7-21(15-22)25(35)19-11-9-17(10-12-19)20-13-14-23(24(16-20)38-28(32,33)34)26(36)18-5-2-1-3-6-18/h1-16H. The highest BCUT2D eigenvalue weighted by Gasteiger charge is 2.33. The zero-order chi connectivity index (χ0) is 27.5. The van der Waals surface area contributed by atoms with E-state index in [2.05, 4.69) is 9.47 Å². The number of alkyl halides is 6. The molecule has 0 bridgehead atoms. The highest BCUT2D eigenvalue weighted by atomic mass is 19.4. The molecule has 0 amide bonds. The lowest BCUT2D eigenvalue weighted by atomic mass is 9.96. The summed E-state index contributed by atoms with van der Waals surface area (Å²) in [4.78, 5) is 25.6. The van der Waals surface area contributed by atoms with Crippen LogP contribution in [0.5, 0.6) is 11.5 Å². The number of hydrogen-bond acceptors (Lipinski definition) is 4. The fraction of sp³-hybridized carbons (Fsp3) is 0.0714. The molecule has 0 radical (unpaired) electrons. The number of carbonyl (C=O) groups excluding carboxylic acids is 2. The van der Waals surface area contributed by atoms with E-state index in [1.807, 2.05) is 0 Å². The van der Waals surface area contributed by atoms with Crippen LogP contribution in [-0.2, 0) is 0 Å². The SMILES string of the molecule is O=C(c1ccc(-c2ccc(C(=O)c3ccccc3)c(OC(F)(F)F)c2)cc1)c1cccc(OC(F)(F)F)c1. The molecule has 0 aliphatic carbocycles. The Hall–Kier alpha value is -4.60. The first-order valence-corrected chi connectivity index (χ1v) is 10.9. The van der Waals surface area contributed by atoms with Crippen molar-refractivity contribution < 1.29 is 45.4 Å². The first-order chi connectivity index (χ1) is 17.9. The molecule has 0 aliphatic rings. The average molecular weight is 530 g/mol. The summed E-state index contributed by atoms with van der Waals surface area (Å²) in [5, 5.41) is 0. The van der Waals surface area contributed by atoms with Crippen molar-refractivity contribution in [3.63, 3.8) is 0 Å². The molecule has 0 aromatic heterocycles. The van der Waals surface area contributed by atoms with Crippen LogP contribution in [0.3, 0.4) is 0 Å². The van der Waals surface area contributed by atoms with Crippen molar-refractivity contribution in [2.75, 3.05) is 0 Å². The molecular weight excluding hydrogens is 514 g/mol. The summed E-state index contributed by atoms with van der Waals surface area (Å²) in [6, 6.07) is 21.7. The van der Waals surface area contributed by atoms with Gasteiger partial charge < -0.3 is 9.47 Å². The van der Waals surface area contributed by atoms with Crippen LogP contribution in [0.25, 0.3) is 11.1 Å². The van der Waals surface area contributed by atoms with Crippen LogP contribution in [0.15, 0.2) is 97.1 Å². The fourth-order valence-electron chi connectivity index (χ4n) is 3.66. The Labute approximate surface area is 212 Å². The lowest BCUT2D eigenvalue weighted by molar-refractivity contribution is -0.275. The van der Waals surface area contributed by atoms with Crippen molar-refractivity contribution in [1.29, 1.82) is 0 Å². The number of halogens is 6. The van der Waals surface area contributed by atoms with Gasteiger partial charge in [-0.3, -0.25) is 9.59 Å². The van der Waals surface area contributed by atoms with Gasteiger partial charge in [-0.05, 0) is 35.4 Å². The van der Waals surface area contributed by atoms with Gasteiger partial charge in [0.05, 0.1) is 5.56 Å². The van der Waals surface area contributed by atoms with Gasteiger partial charge in [0.1, 0.15) is 11.5 Å². The number of ether oxygens (including phenoxy) is 2. The fourth-order valence-corrected chi connectivity index (χ4v) is 3.66. The van der Waals surface area contributed by atoms with Gasteiger partial charge >= 0.3 is 12.7 Å². The summed E-state index contributed by atoms with van der Waals surface area (Å²) < 4.78 is 84.7. The molecule has 0 spiro atoms. The van der Waals surface area contributed by atoms with Gasteiger partial charge in [-0.25, -0.2) is 0 Å². The summed E-state index contributed by atoms with van der Waals surface area (Å²) in [6.07, 6.45) is -9.97. The third-order valence-corrected chi connectivity index (χ3v) is 5.30. The lowest BCUT2D eigenvalue weighted by Gasteiger charge is -2.15. The molecule has 0 fully saturated rings. The van der Waals surface area contributed by atoms with E-state index in [0.717, 1.165) is 18.2 Å². The average Bonchev–Trinajstić information content (AvgIpc) is 2.87. The largest absolute Gasteiger partial charge is 0.573 e. The van der Waals surface area contributed by atoms with E-state index in [4.69, 9.17) is 0 Å². The Bertz CT molecular complexity index is 1460. The van der Waals surface area contributed by atoms with Crippen molar-refractivity contribution in [3.05, 3.63) is 119 Å². The highest BCUT2D eigenvalue weighted by Crippen LogP contribution is 2.33. The highest BCUT2D eigenvalue weighted by molar-refractivity contribution is 6.11. The summed E-state index contributed by atoms with van der Waals surface area (Å²) in [6.45, 7) is 0. The lowest BCUT2D eigenvalue weighted by Crippen LogP contribution is -2.19. The smallest absolute Gasteiger partial charge is 0.406 e. The first-order valence-electron chi connectivity index (χ1n) is 10.9. The second-order valence-corrected chi connectivity index (χ2v) is 7.94. The molecule has 4 nitrogen and oxygen atoms in total.